The molecule has 0 radical (unpaired) electrons. The molecule has 0 saturated heterocycles. The van der Waals surface area contributed by atoms with E-state index in [1.807, 2.05) is 0 Å². The second-order valence-electron chi connectivity index (χ2n) is 17.5. The van der Waals surface area contributed by atoms with Crippen molar-refractivity contribution in [1.29, 1.82) is 0 Å². The van der Waals surface area contributed by atoms with Crippen LogP contribution in [0.2, 0.25) is 0 Å². The van der Waals surface area contributed by atoms with Crippen molar-refractivity contribution >= 4 is 11.9 Å². The summed E-state index contributed by atoms with van der Waals surface area (Å²) < 4.78 is 10.7. The minimum Gasteiger partial charge on any atom is -0.462 e. The van der Waals surface area contributed by atoms with Crippen molar-refractivity contribution in [3.63, 3.8) is 0 Å². The molecule has 398 valence electrons. The minimum atomic E-state index is -0.815. The summed E-state index contributed by atoms with van der Waals surface area (Å²) in [5.74, 6) is -0.669. The Bertz CT molecular complexity index is 1730. The number of carbonyl (C=O) groups is 2. The van der Waals surface area contributed by atoms with E-state index in [2.05, 4.69) is 208 Å². The Hall–Kier alpha value is -5.26. The molecule has 5 nitrogen and oxygen atoms in total. The predicted molar refractivity (Wildman–Crippen MR) is 315 cm³/mol. The zero-order chi connectivity index (χ0) is 52.0. The van der Waals surface area contributed by atoms with E-state index in [1.54, 1.807) is 0 Å². The zero-order valence-electron chi connectivity index (χ0n) is 45.3. The van der Waals surface area contributed by atoms with Gasteiger partial charge in [-0.05, 0) is 141 Å². The molecule has 0 saturated carbocycles. The van der Waals surface area contributed by atoms with E-state index < -0.39 is 6.10 Å². The number of unbranched alkanes of at least 4 members (excludes halogenated alkanes) is 8. The van der Waals surface area contributed by atoms with Gasteiger partial charge in [-0.3, -0.25) is 9.59 Å². The van der Waals surface area contributed by atoms with Crippen LogP contribution >= 0.6 is 0 Å². The SMILES string of the molecule is CC/C=C\C/C=C\C/C=C\C/C=C\C/C=C\C/C=C\C/C=C\C/C=C\CCCCCCC(=O)OCC(CO)OC(=O)CCCCCC/C=C\C/C=C\C/C=C\C/C=C\C/C=C\C/C=C\C/C=C\C/C=C\CC. The molecule has 0 amide bonds. The fourth-order valence-corrected chi connectivity index (χ4v) is 6.76. The number of hydrogen-bond acceptors (Lipinski definition) is 5. The Morgan fingerprint density at radius 2 is 0.556 bits per heavy atom. The van der Waals surface area contributed by atoms with Gasteiger partial charge in [-0.1, -0.05) is 234 Å². The second-order valence-corrected chi connectivity index (χ2v) is 17.5. The number of aliphatic hydroxyl groups excluding tert-OH is 1. The maximum Gasteiger partial charge on any atom is 0.306 e. The van der Waals surface area contributed by atoms with E-state index in [4.69, 9.17) is 9.47 Å². The Morgan fingerprint density at radius 3 is 0.819 bits per heavy atom. The first-order valence-electron chi connectivity index (χ1n) is 28.0. The van der Waals surface area contributed by atoms with Gasteiger partial charge in [0.2, 0.25) is 0 Å². The average Bonchev–Trinajstić information content (AvgIpc) is 3.38. The van der Waals surface area contributed by atoms with Gasteiger partial charge < -0.3 is 14.6 Å². The Morgan fingerprint density at radius 1 is 0.319 bits per heavy atom. The van der Waals surface area contributed by atoms with Crippen molar-refractivity contribution < 1.29 is 24.2 Å². The molecule has 0 heterocycles. The van der Waals surface area contributed by atoms with Crippen LogP contribution in [0.25, 0.3) is 0 Å². The van der Waals surface area contributed by atoms with E-state index in [0.29, 0.717) is 12.8 Å². The summed E-state index contributed by atoms with van der Waals surface area (Å²) in [6.07, 6.45) is 96.7. The summed E-state index contributed by atoms with van der Waals surface area (Å²) >= 11 is 0. The number of carbonyl (C=O) groups excluding carboxylic acids is 2. The molecule has 0 aliphatic heterocycles. The molecule has 0 fully saturated rings. The standard InChI is InChI=1S/C67H100O5/c1-3-5-7-9-11-13-15-17-19-21-23-25-27-29-31-33-35-37-39-41-43-45-47-49-51-53-55-57-59-61-66(69)71-64-65(63-68)72-67(70)62-60-58-56-54-52-50-48-46-44-42-40-38-36-34-32-30-28-26-24-22-20-18-16-14-12-10-8-6-4-2/h5-8,11-14,17-20,23-26,29-32,35-38,41-44,47-50,65,68H,3-4,9-10,15-16,21-22,27-28,33-34,39-40,45-46,51-64H2,1-2H3/b7-5-,8-6-,13-11-,14-12-,19-17-,20-18-,25-23-,26-24-,31-29-,32-30-,37-35-,38-36-,43-41-,44-42-,49-47-,50-48-. The molecule has 72 heavy (non-hydrogen) atoms. The van der Waals surface area contributed by atoms with Gasteiger partial charge in [-0.15, -0.1) is 0 Å². The topological polar surface area (TPSA) is 72.8 Å². The van der Waals surface area contributed by atoms with Crippen molar-refractivity contribution in [2.24, 2.45) is 0 Å². The first-order chi connectivity index (χ1) is 35.6. The first-order valence-corrected chi connectivity index (χ1v) is 28.0. The smallest absolute Gasteiger partial charge is 0.306 e. The molecule has 0 aromatic heterocycles. The molecule has 0 spiro atoms. The molecule has 0 aliphatic carbocycles. The van der Waals surface area contributed by atoms with Crippen molar-refractivity contribution in [2.75, 3.05) is 13.2 Å². The second kappa shape index (κ2) is 60.0. The van der Waals surface area contributed by atoms with Gasteiger partial charge in [0, 0.05) is 12.8 Å². The molecule has 1 N–H and O–H groups in total. The van der Waals surface area contributed by atoms with Crippen molar-refractivity contribution in [3.8, 4) is 0 Å². The molecule has 0 aliphatic rings. The molecular weight excluding hydrogens is 885 g/mol. The molecule has 1 unspecified atom stereocenters. The van der Waals surface area contributed by atoms with Crippen molar-refractivity contribution in [3.05, 3.63) is 194 Å². The quantitative estimate of drug-likeness (QED) is 0.0374. The van der Waals surface area contributed by atoms with Crippen molar-refractivity contribution in [1.82, 2.24) is 0 Å². The number of ether oxygens (including phenoxy) is 2. The van der Waals surface area contributed by atoms with Crippen LogP contribution < -0.4 is 0 Å². The monoisotopic (exact) mass is 985 g/mol. The fourth-order valence-electron chi connectivity index (χ4n) is 6.76. The van der Waals surface area contributed by atoms with Gasteiger partial charge >= 0.3 is 11.9 Å². The van der Waals surface area contributed by atoms with Gasteiger partial charge in [0.25, 0.3) is 0 Å². The zero-order valence-corrected chi connectivity index (χ0v) is 45.3. The van der Waals surface area contributed by atoms with E-state index in [9.17, 15) is 14.7 Å². The van der Waals surface area contributed by atoms with Crippen LogP contribution in [0, 0.1) is 0 Å². The lowest BCUT2D eigenvalue weighted by Crippen LogP contribution is -2.28. The van der Waals surface area contributed by atoms with Crippen LogP contribution in [0.5, 0.6) is 0 Å². The predicted octanol–water partition coefficient (Wildman–Crippen LogP) is 19.3. The van der Waals surface area contributed by atoms with Crippen LogP contribution in [0.15, 0.2) is 194 Å². The molecule has 0 rings (SSSR count). The van der Waals surface area contributed by atoms with Gasteiger partial charge in [0.1, 0.15) is 6.61 Å². The highest BCUT2D eigenvalue weighted by atomic mass is 16.6. The van der Waals surface area contributed by atoms with Crippen molar-refractivity contribution in [2.45, 2.75) is 200 Å². The summed E-state index contributed by atoms with van der Waals surface area (Å²) in [5, 5.41) is 9.65. The van der Waals surface area contributed by atoms with Gasteiger partial charge in [-0.25, -0.2) is 0 Å². The minimum absolute atomic E-state index is 0.105. The summed E-state index contributed by atoms with van der Waals surface area (Å²) in [6.45, 7) is 3.85. The highest BCUT2D eigenvalue weighted by Gasteiger charge is 2.16. The number of allylic oxidation sites excluding steroid dienone is 32. The molecule has 0 bridgehead atoms. The maximum absolute atomic E-state index is 12.3. The largest absolute Gasteiger partial charge is 0.462 e. The van der Waals surface area contributed by atoms with Crippen LogP contribution in [-0.2, 0) is 19.1 Å². The van der Waals surface area contributed by atoms with E-state index in [-0.39, 0.29) is 25.2 Å². The highest BCUT2D eigenvalue weighted by molar-refractivity contribution is 5.70. The first kappa shape index (κ1) is 66.7. The van der Waals surface area contributed by atoms with Gasteiger partial charge in [0.05, 0.1) is 6.61 Å². The lowest BCUT2D eigenvalue weighted by molar-refractivity contribution is -0.161. The molecule has 0 aromatic carbocycles. The van der Waals surface area contributed by atoms with E-state index in [0.717, 1.165) is 167 Å². The van der Waals surface area contributed by atoms with Crippen LogP contribution in [0.4, 0.5) is 0 Å². The van der Waals surface area contributed by atoms with Gasteiger partial charge in [0.15, 0.2) is 6.10 Å². The highest BCUT2D eigenvalue weighted by Crippen LogP contribution is 2.11. The van der Waals surface area contributed by atoms with E-state index >= 15 is 0 Å². The van der Waals surface area contributed by atoms with Crippen LogP contribution in [0.1, 0.15) is 194 Å². The maximum atomic E-state index is 12.3. The Balaban J connectivity index is 3.72. The van der Waals surface area contributed by atoms with Gasteiger partial charge in [-0.2, -0.15) is 0 Å². The lowest BCUT2D eigenvalue weighted by atomic mass is 10.1. The molecule has 1 atom stereocenters. The summed E-state index contributed by atoms with van der Waals surface area (Å²) in [5.41, 5.74) is 0. The number of aliphatic hydroxyl groups is 1. The fraction of sp³-hybridized carbons (Fsp3) is 0.493. The summed E-state index contributed by atoms with van der Waals surface area (Å²) in [7, 11) is 0. The van der Waals surface area contributed by atoms with Crippen LogP contribution in [0.3, 0.4) is 0 Å². The number of rotatable bonds is 48. The number of esters is 2. The summed E-state index contributed by atoms with van der Waals surface area (Å²) in [6, 6.07) is 0. The van der Waals surface area contributed by atoms with Crippen LogP contribution in [-0.4, -0.2) is 36.4 Å². The average molecular weight is 986 g/mol. The molecular formula is C67H100O5. The molecule has 0 aromatic rings. The third-order valence-corrected chi connectivity index (χ3v) is 10.9. The lowest BCUT2D eigenvalue weighted by Gasteiger charge is -2.15. The Labute approximate surface area is 441 Å². The Kier molecular flexibility index (Phi) is 55.7. The molecule has 5 heteroatoms. The normalized spacial score (nSPS) is 13.8. The van der Waals surface area contributed by atoms with E-state index in [1.165, 1.54) is 0 Å². The number of hydrogen-bond donors (Lipinski definition) is 1. The third kappa shape index (κ3) is 57.3. The third-order valence-electron chi connectivity index (χ3n) is 10.9. The summed E-state index contributed by atoms with van der Waals surface area (Å²) in [4.78, 5) is 24.5.